The number of rotatable bonds is 6. The van der Waals surface area contributed by atoms with Crippen molar-refractivity contribution >= 4 is 11.6 Å². The highest BCUT2D eigenvalue weighted by Crippen LogP contribution is 2.20. The second-order valence-electron chi connectivity index (χ2n) is 7.17. The summed E-state index contributed by atoms with van der Waals surface area (Å²) in [6.07, 6.45) is 1.87. The minimum Gasteiger partial charge on any atom is -0.380 e. The molecule has 2 N–H and O–H groups in total. The van der Waals surface area contributed by atoms with Crippen LogP contribution in [0.5, 0.6) is 0 Å². The lowest BCUT2D eigenvalue weighted by molar-refractivity contribution is 0.181. The van der Waals surface area contributed by atoms with Crippen molar-refractivity contribution < 1.29 is 13.5 Å². The van der Waals surface area contributed by atoms with E-state index in [-0.39, 0.29) is 18.2 Å². The Hall–Kier alpha value is -2.67. The average molecular weight is 402 g/mol. The standard InChI is InChI=1S/C22H28F2N4O/c1-25-22(26-14-16-6-7-21(24)17(12-16)15-29-2)27-19-8-10-28(11-9-19)20-5-3-4-18(23)13-20/h3-7,12-13,19H,8-11,14-15H2,1-2H3,(H2,25,26,27). The Kier molecular flexibility index (Phi) is 7.41. The molecule has 0 radical (unpaired) electrons. The smallest absolute Gasteiger partial charge is 0.191 e. The van der Waals surface area contributed by atoms with E-state index in [2.05, 4.69) is 20.5 Å². The predicted octanol–water partition coefficient (Wildman–Crippen LogP) is 3.45. The average Bonchev–Trinajstić information content (AvgIpc) is 2.74. The molecule has 1 aliphatic heterocycles. The van der Waals surface area contributed by atoms with Crippen molar-refractivity contribution in [1.82, 2.24) is 10.6 Å². The van der Waals surface area contributed by atoms with E-state index in [0.29, 0.717) is 24.1 Å². The summed E-state index contributed by atoms with van der Waals surface area (Å²) in [5.74, 6) is 0.247. The summed E-state index contributed by atoms with van der Waals surface area (Å²) in [7, 11) is 3.29. The van der Waals surface area contributed by atoms with Gasteiger partial charge in [-0.3, -0.25) is 4.99 Å². The number of anilines is 1. The molecule has 2 aromatic rings. The number of guanidine groups is 1. The number of aliphatic imine (C=N–C) groups is 1. The third-order valence-electron chi connectivity index (χ3n) is 5.10. The molecule has 1 aliphatic rings. The van der Waals surface area contributed by atoms with Gasteiger partial charge in [-0.1, -0.05) is 12.1 Å². The number of nitrogens with zero attached hydrogens (tertiary/aromatic N) is 2. The molecule has 0 aromatic heterocycles. The highest BCUT2D eigenvalue weighted by atomic mass is 19.1. The Balaban J connectivity index is 1.49. The summed E-state index contributed by atoms with van der Waals surface area (Å²) in [5.41, 5.74) is 2.43. The lowest BCUT2D eigenvalue weighted by Crippen LogP contribution is -2.48. The fourth-order valence-electron chi connectivity index (χ4n) is 3.53. The first-order chi connectivity index (χ1) is 14.1. The van der Waals surface area contributed by atoms with Crippen LogP contribution >= 0.6 is 0 Å². The largest absolute Gasteiger partial charge is 0.380 e. The molecule has 5 nitrogen and oxygen atoms in total. The van der Waals surface area contributed by atoms with E-state index >= 15 is 0 Å². The molecule has 0 saturated carbocycles. The first-order valence-electron chi connectivity index (χ1n) is 9.83. The number of nitrogens with one attached hydrogen (secondary N) is 2. The SMILES string of the molecule is CN=C(NCc1ccc(F)c(COC)c1)NC1CCN(c2cccc(F)c2)CC1. The molecule has 0 amide bonds. The summed E-state index contributed by atoms with van der Waals surface area (Å²) in [6.45, 7) is 2.50. The van der Waals surface area contributed by atoms with Gasteiger partial charge in [0.1, 0.15) is 11.6 Å². The molecule has 1 saturated heterocycles. The van der Waals surface area contributed by atoms with Crippen molar-refractivity contribution in [2.24, 2.45) is 4.99 Å². The van der Waals surface area contributed by atoms with Crippen LogP contribution < -0.4 is 15.5 Å². The number of hydrogen-bond acceptors (Lipinski definition) is 3. The molecular weight excluding hydrogens is 374 g/mol. The molecule has 156 valence electrons. The van der Waals surface area contributed by atoms with E-state index in [9.17, 15) is 8.78 Å². The van der Waals surface area contributed by atoms with Crippen LogP contribution in [0.1, 0.15) is 24.0 Å². The maximum absolute atomic E-state index is 13.7. The van der Waals surface area contributed by atoms with Gasteiger partial charge < -0.3 is 20.3 Å². The molecule has 0 aliphatic carbocycles. The fourth-order valence-corrected chi connectivity index (χ4v) is 3.53. The van der Waals surface area contributed by atoms with Gasteiger partial charge >= 0.3 is 0 Å². The van der Waals surface area contributed by atoms with E-state index in [1.807, 2.05) is 6.07 Å². The first kappa shape index (κ1) is 21.0. The zero-order chi connectivity index (χ0) is 20.6. The maximum atomic E-state index is 13.7. The van der Waals surface area contributed by atoms with E-state index < -0.39 is 0 Å². The van der Waals surface area contributed by atoms with Crippen molar-refractivity contribution in [2.45, 2.75) is 32.0 Å². The van der Waals surface area contributed by atoms with Gasteiger partial charge in [0.15, 0.2) is 5.96 Å². The molecule has 2 aromatic carbocycles. The Bertz CT molecular complexity index is 835. The second kappa shape index (κ2) is 10.2. The van der Waals surface area contributed by atoms with Crippen molar-refractivity contribution in [3.05, 3.63) is 65.2 Å². The summed E-state index contributed by atoms with van der Waals surface area (Å²) in [4.78, 5) is 6.50. The Labute approximate surface area is 170 Å². The van der Waals surface area contributed by atoms with Crippen LogP contribution in [0, 0.1) is 11.6 Å². The predicted molar refractivity (Wildman–Crippen MR) is 112 cm³/mol. The normalized spacial score (nSPS) is 15.4. The lowest BCUT2D eigenvalue weighted by Gasteiger charge is -2.34. The van der Waals surface area contributed by atoms with Crippen molar-refractivity contribution in [2.75, 3.05) is 32.1 Å². The highest BCUT2D eigenvalue weighted by molar-refractivity contribution is 5.80. The molecule has 0 unspecified atom stereocenters. The number of halogens is 2. The molecule has 3 rings (SSSR count). The minimum atomic E-state index is -0.261. The minimum absolute atomic E-state index is 0.207. The molecule has 0 spiro atoms. The quantitative estimate of drug-likeness (QED) is 0.574. The van der Waals surface area contributed by atoms with E-state index in [4.69, 9.17) is 4.74 Å². The Morgan fingerprint density at radius 3 is 2.66 bits per heavy atom. The van der Waals surface area contributed by atoms with E-state index in [0.717, 1.165) is 37.2 Å². The van der Waals surface area contributed by atoms with Gasteiger partial charge in [0, 0.05) is 51.1 Å². The molecule has 29 heavy (non-hydrogen) atoms. The monoisotopic (exact) mass is 402 g/mol. The van der Waals surface area contributed by atoms with Crippen LogP contribution in [0.3, 0.4) is 0 Å². The van der Waals surface area contributed by atoms with Crippen LogP contribution in [0.15, 0.2) is 47.5 Å². The van der Waals surface area contributed by atoms with Gasteiger partial charge in [-0.15, -0.1) is 0 Å². The highest BCUT2D eigenvalue weighted by Gasteiger charge is 2.20. The molecule has 7 heteroatoms. The van der Waals surface area contributed by atoms with Crippen LogP contribution in [-0.4, -0.2) is 39.2 Å². The number of benzene rings is 2. The van der Waals surface area contributed by atoms with Gasteiger partial charge in [0.25, 0.3) is 0 Å². The van der Waals surface area contributed by atoms with Crippen LogP contribution in [0.2, 0.25) is 0 Å². The van der Waals surface area contributed by atoms with Crippen LogP contribution in [0.25, 0.3) is 0 Å². The first-order valence-corrected chi connectivity index (χ1v) is 9.83. The number of hydrogen-bond donors (Lipinski definition) is 2. The van der Waals surface area contributed by atoms with Crippen molar-refractivity contribution in [1.29, 1.82) is 0 Å². The molecule has 0 bridgehead atoms. The van der Waals surface area contributed by atoms with Gasteiger partial charge in [-0.25, -0.2) is 8.78 Å². The number of ether oxygens (including phenoxy) is 1. The number of methoxy groups -OCH3 is 1. The fraction of sp³-hybridized carbons (Fsp3) is 0.409. The van der Waals surface area contributed by atoms with Crippen molar-refractivity contribution in [3.8, 4) is 0 Å². The lowest BCUT2D eigenvalue weighted by atomic mass is 10.0. The summed E-state index contributed by atoms with van der Waals surface area (Å²) >= 11 is 0. The van der Waals surface area contributed by atoms with Crippen LogP contribution in [-0.2, 0) is 17.9 Å². The van der Waals surface area contributed by atoms with Gasteiger partial charge in [0.2, 0.25) is 0 Å². The molecule has 1 heterocycles. The number of piperidine rings is 1. The second-order valence-corrected chi connectivity index (χ2v) is 7.17. The van der Waals surface area contributed by atoms with E-state index in [1.54, 1.807) is 38.4 Å². The summed E-state index contributed by atoms with van der Waals surface area (Å²) < 4.78 is 32.2. The summed E-state index contributed by atoms with van der Waals surface area (Å²) in [5, 5.41) is 6.73. The topological polar surface area (TPSA) is 48.9 Å². The maximum Gasteiger partial charge on any atom is 0.191 e. The molecular formula is C22H28F2N4O. The van der Waals surface area contributed by atoms with E-state index in [1.165, 1.54) is 12.1 Å². The van der Waals surface area contributed by atoms with Gasteiger partial charge in [-0.05, 0) is 48.7 Å². The van der Waals surface area contributed by atoms with Crippen molar-refractivity contribution in [3.63, 3.8) is 0 Å². The Morgan fingerprint density at radius 2 is 1.97 bits per heavy atom. The molecule has 1 fully saturated rings. The third kappa shape index (κ3) is 5.90. The van der Waals surface area contributed by atoms with Crippen LogP contribution in [0.4, 0.5) is 14.5 Å². The zero-order valence-corrected chi connectivity index (χ0v) is 16.9. The molecule has 0 atom stereocenters. The van der Waals surface area contributed by atoms with Gasteiger partial charge in [0.05, 0.1) is 6.61 Å². The Morgan fingerprint density at radius 1 is 1.17 bits per heavy atom. The zero-order valence-electron chi connectivity index (χ0n) is 16.9. The summed E-state index contributed by atoms with van der Waals surface area (Å²) in [6, 6.07) is 12.0. The third-order valence-corrected chi connectivity index (χ3v) is 5.10. The van der Waals surface area contributed by atoms with Gasteiger partial charge in [-0.2, -0.15) is 0 Å².